The van der Waals surface area contributed by atoms with Gasteiger partial charge in [-0.15, -0.1) is 0 Å². The van der Waals surface area contributed by atoms with Crippen molar-refractivity contribution in [1.29, 1.82) is 0 Å². The third kappa shape index (κ3) is 5.30. The van der Waals surface area contributed by atoms with E-state index in [0.717, 1.165) is 36.1 Å². The van der Waals surface area contributed by atoms with Gasteiger partial charge in [0.2, 0.25) is 0 Å². The summed E-state index contributed by atoms with van der Waals surface area (Å²) in [5.41, 5.74) is 1.96. The van der Waals surface area contributed by atoms with E-state index in [-0.39, 0.29) is 0 Å². The number of nitrogens with one attached hydrogen (secondary N) is 2. The average molecular weight is 329 g/mol. The summed E-state index contributed by atoms with van der Waals surface area (Å²) in [6, 6.07) is 9.81. The molecule has 6 heteroatoms. The number of hydrogen-bond acceptors (Lipinski definition) is 3. The standard InChI is InChI=1S/C18H27N5O/c1-14(2)9-11-20-18(19-3)21-13-15-10-12-23(22-15)16-5-7-17(24-4)8-6-16/h5-8,10,12,14H,9,11,13H2,1-4H3,(H2,19,20,21). The molecule has 0 saturated carbocycles. The van der Waals surface area contributed by atoms with Crippen molar-refractivity contribution in [2.45, 2.75) is 26.8 Å². The summed E-state index contributed by atoms with van der Waals surface area (Å²) in [5, 5.41) is 11.2. The molecule has 0 saturated heterocycles. The molecular weight excluding hydrogens is 302 g/mol. The highest BCUT2D eigenvalue weighted by atomic mass is 16.5. The maximum Gasteiger partial charge on any atom is 0.191 e. The molecule has 0 bridgehead atoms. The summed E-state index contributed by atoms with van der Waals surface area (Å²) in [7, 11) is 3.44. The van der Waals surface area contributed by atoms with Crippen LogP contribution in [0.5, 0.6) is 5.75 Å². The minimum absolute atomic E-state index is 0.629. The molecule has 0 aliphatic rings. The molecule has 1 heterocycles. The topological polar surface area (TPSA) is 63.5 Å². The van der Waals surface area contributed by atoms with Crippen molar-refractivity contribution < 1.29 is 4.74 Å². The van der Waals surface area contributed by atoms with Gasteiger partial charge >= 0.3 is 0 Å². The fourth-order valence-electron chi connectivity index (χ4n) is 2.21. The Balaban J connectivity index is 1.88. The van der Waals surface area contributed by atoms with Gasteiger partial charge in [0, 0.05) is 19.8 Å². The van der Waals surface area contributed by atoms with Crippen LogP contribution in [0.2, 0.25) is 0 Å². The van der Waals surface area contributed by atoms with Gasteiger partial charge in [-0.2, -0.15) is 5.10 Å². The zero-order valence-electron chi connectivity index (χ0n) is 14.9. The van der Waals surface area contributed by atoms with Crippen molar-refractivity contribution >= 4 is 5.96 Å². The average Bonchev–Trinajstić information content (AvgIpc) is 3.06. The molecule has 2 rings (SSSR count). The predicted octanol–water partition coefficient (Wildman–Crippen LogP) is 2.59. The van der Waals surface area contributed by atoms with Gasteiger partial charge in [-0.3, -0.25) is 4.99 Å². The SMILES string of the molecule is CN=C(NCCC(C)C)NCc1ccn(-c2ccc(OC)cc2)n1. The number of methoxy groups -OCH3 is 1. The van der Waals surface area contributed by atoms with E-state index in [4.69, 9.17) is 4.74 Å². The van der Waals surface area contributed by atoms with Crippen LogP contribution < -0.4 is 15.4 Å². The van der Waals surface area contributed by atoms with Crippen LogP contribution in [0, 0.1) is 5.92 Å². The maximum absolute atomic E-state index is 5.17. The Hall–Kier alpha value is -2.50. The Labute approximate surface area is 143 Å². The van der Waals surface area contributed by atoms with E-state index in [0.29, 0.717) is 12.5 Å². The Kier molecular flexibility index (Phi) is 6.66. The van der Waals surface area contributed by atoms with Gasteiger partial charge in [-0.25, -0.2) is 4.68 Å². The second-order valence-corrected chi connectivity index (χ2v) is 5.98. The summed E-state index contributed by atoms with van der Waals surface area (Å²) >= 11 is 0. The van der Waals surface area contributed by atoms with E-state index in [2.05, 4.69) is 34.6 Å². The highest BCUT2D eigenvalue weighted by Gasteiger charge is 2.04. The van der Waals surface area contributed by atoms with Crippen molar-refractivity contribution in [1.82, 2.24) is 20.4 Å². The van der Waals surface area contributed by atoms with E-state index in [1.54, 1.807) is 14.2 Å². The van der Waals surface area contributed by atoms with Gasteiger partial charge in [-0.05, 0) is 42.7 Å². The van der Waals surface area contributed by atoms with Crippen LogP contribution in [0.15, 0.2) is 41.5 Å². The fraction of sp³-hybridized carbons (Fsp3) is 0.444. The Bertz CT molecular complexity index is 646. The largest absolute Gasteiger partial charge is 0.497 e. The third-order valence-electron chi connectivity index (χ3n) is 3.66. The van der Waals surface area contributed by atoms with E-state index >= 15 is 0 Å². The molecule has 0 spiro atoms. The smallest absolute Gasteiger partial charge is 0.191 e. The summed E-state index contributed by atoms with van der Waals surface area (Å²) in [5.74, 6) is 2.31. The minimum Gasteiger partial charge on any atom is -0.497 e. The van der Waals surface area contributed by atoms with Crippen LogP contribution in [-0.2, 0) is 6.54 Å². The molecule has 0 amide bonds. The Morgan fingerprint density at radius 1 is 1.21 bits per heavy atom. The summed E-state index contributed by atoms with van der Waals surface area (Å²) in [4.78, 5) is 4.23. The summed E-state index contributed by atoms with van der Waals surface area (Å²) in [6.07, 6.45) is 3.07. The number of nitrogens with zero attached hydrogens (tertiary/aromatic N) is 3. The first-order valence-corrected chi connectivity index (χ1v) is 8.26. The lowest BCUT2D eigenvalue weighted by atomic mass is 10.1. The number of aliphatic imine (C=N–C) groups is 1. The first-order valence-electron chi connectivity index (χ1n) is 8.26. The van der Waals surface area contributed by atoms with E-state index in [1.165, 1.54) is 0 Å². The van der Waals surface area contributed by atoms with Crippen molar-refractivity contribution in [3.8, 4) is 11.4 Å². The van der Waals surface area contributed by atoms with Crippen molar-refractivity contribution in [2.75, 3.05) is 20.7 Å². The van der Waals surface area contributed by atoms with E-state index in [1.807, 2.05) is 41.2 Å². The normalized spacial score (nSPS) is 11.6. The van der Waals surface area contributed by atoms with Gasteiger partial charge in [0.1, 0.15) is 5.75 Å². The highest BCUT2D eigenvalue weighted by Crippen LogP contribution is 2.14. The Morgan fingerprint density at radius 3 is 2.58 bits per heavy atom. The molecule has 24 heavy (non-hydrogen) atoms. The first-order chi connectivity index (χ1) is 11.6. The first kappa shape index (κ1) is 17.8. The monoisotopic (exact) mass is 329 g/mol. The lowest BCUT2D eigenvalue weighted by Crippen LogP contribution is -2.37. The number of aromatic nitrogens is 2. The summed E-state index contributed by atoms with van der Waals surface area (Å²) in [6.45, 7) is 5.97. The lowest BCUT2D eigenvalue weighted by Gasteiger charge is -2.12. The van der Waals surface area contributed by atoms with E-state index in [9.17, 15) is 0 Å². The van der Waals surface area contributed by atoms with Crippen molar-refractivity contribution in [2.24, 2.45) is 10.9 Å². The molecule has 0 fully saturated rings. The molecule has 6 nitrogen and oxygen atoms in total. The molecule has 2 aromatic rings. The molecule has 0 radical (unpaired) electrons. The highest BCUT2D eigenvalue weighted by molar-refractivity contribution is 5.79. The maximum atomic E-state index is 5.17. The number of rotatable bonds is 7. The molecule has 2 N–H and O–H groups in total. The van der Waals surface area contributed by atoms with Crippen LogP contribution in [-0.4, -0.2) is 36.4 Å². The molecule has 1 aromatic heterocycles. The van der Waals surface area contributed by atoms with Crippen LogP contribution in [0.1, 0.15) is 26.0 Å². The zero-order chi connectivity index (χ0) is 17.4. The summed E-state index contributed by atoms with van der Waals surface area (Å²) < 4.78 is 7.03. The predicted molar refractivity (Wildman–Crippen MR) is 97.8 cm³/mol. The quantitative estimate of drug-likeness (QED) is 0.605. The fourth-order valence-corrected chi connectivity index (χ4v) is 2.21. The molecule has 130 valence electrons. The lowest BCUT2D eigenvalue weighted by molar-refractivity contribution is 0.414. The van der Waals surface area contributed by atoms with Crippen LogP contribution in [0.25, 0.3) is 5.69 Å². The van der Waals surface area contributed by atoms with Gasteiger partial charge in [-0.1, -0.05) is 13.8 Å². The number of benzene rings is 1. The third-order valence-corrected chi connectivity index (χ3v) is 3.66. The molecule has 1 aromatic carbocycles. The second-order valence-electron chi connectivity index (χ2n) is 5.98. The Morgan fingerprint density at radius 2 is 1.96 bits per heavy atom. The zero-order valence-corrected chi connectivity index (χ0v) is 14.9. The van der Waals surface area contributed by atoms with Crippen LogP contribution in [0.4, 0.5) is 0 Å². The van der Waals surface area contributed by atoms with Crippen LogP contribution >= 0.6 is 0 Å². The second kappa shape index (κ2) is 8.96. The van der Waals surface area contributed by atoms with Gasteiger partial charge < -0.3 is 15.4 Å². The number of guanidine groups is 1. The van der Waals surface area contributed by atoms with Crippen molar-refractivity contribution in [3.05, 3.63) is 42.2 Å². The van der Waals surface area contributed by atoms with Gasteiger partial charge in [0.05, 0.1) is 25.0 Å². The van der Waals surface area contributed by atoms with Gasteiger partial charge in [0.15, 0.2) is 5.96 Å². The van der Waals surface area contributed by atoms with Crippen molar-refractivity contribution in [3.63, 3.8) is 0 Å². The number of hydrogen-bond donors (Lipinski definition) is 2. The molecule has 0 unspecified atom stereocenters. The molecule has 0 aliphatic heterocycles. The van der Waals surface area contributed by atoms with Gasteiger partial charge in [0.25, 0.3) is 0 Å². The minimum atomic E-state index is 0.629. The van der Waals surface area contributed by atoms with Crippen LogP contribution in [0.3, 0.4) is 0 Å². The molecular formula is C18H27N5O. The molecule has 0 aliphatic carbocycles. The molecule has 0 atom stereocenters. The van der Waals surface area contributed by atoms with E-state index < -0.39 is 0 Å². The number of ether oxygens (including phenoxy) is 1.